The van der Waals surface area contributed by atoms with Gasteiger partial charge in [-0.2, -0.15) is 17.9 Å². The van der Waals surface area contributed by atoms with Gasteiger partial charge in [0.1, 0.15) is 6.04 Å². The summed E-state index contributed by atoms with van der Waals surface area (Å²) in [6, 6.07) is 1.44. The summed E-state index contributed by atoms with van der Waals surface area (Å²) in [7, 11) is 0. The van der Waals surface area contributed by atoms with Crippen LogP contribution < -0.4 is 5.73 Å². The summed E-state index contributed by atoms with van der Waals surface area (Å²) >= 11 is 3.93. The summed E-state index contributed by atoms with van der Waals surface area (Å²) in [6.07, 6.45) is 0. The van der Waals surface area contributed by atoms with Crippen LogP contribution in [0.1, 0.15) is 6.92 Å². The Labute approximate surface area is 48.7 Å². The third-order valence-corrected chi connectivity index (χ3v) is 0.990. The zero-order valence-corrected chi connectivity index (χ0v) is 5.02. The van der Waals surface area contributed by atoms with E-state index in [0.717, 1.165) is 0 Å². The monoisotopic (exact) mass is 116 g/mol. The zero-order chi connectivity index (χ0) is 5.86. The molecule has 0 saturated heterocycles. The highest BCUT2D eigenvalue weighted by atomic mass is 32.1. The van der Waals surface area contributed by atoms with Gasteiger partial charge in [0, 0.05) is 5.25 Å². The zero-order valence-electron chi connectivity index (χ0n) is 4.13. The van der Waals surface area contributed by atoms with Crippen LogP contribution in [0.25, 0.3) is 0 Å². The molecule has 0 amide bonds. The lowest BCUT2D eigenvalue weighted by atomic mass is 10.3. The number of nitrogens with zero attached hydrogens (tertiary/aromatic N) is 1. The molecule has 2 atom stereocenters. The Kier molecular flexibility index (Phi) is 2.81. The molecule has 0 aliphatic heterocycles. The molecule has 2 nitrogen and oxygen atoms in total. The molecule has 40 valence electrons. The Balaban J connectivity index is 3.40. The lowest BCUT2D eigenvalue weighted by Gasteiger charge is -2.01. The highest BCUT2D eigenvalue weighted by Gasteiger charge is 2.03. The fourth-order valence-electron chi connectivity index (χ4n) is 0.108. The molecule has 7 heavy (non-hydrogen) atoms. The minimum absolute atomic E-state index is 0.0231. The van der Waals surface area contributed by atoms with E-state index in [-0.39, 0.29) is 5.25 Å². The largest absolute Gasteiger partial charge is 0.315 e. The van der Waals surface area contributed by atoms with Crippen molar-refractivity contribution in [3.05, 3.63) is 0 Å². The number of nitriles is 1. The van der Waals surface area contributed by atoms with Crippen LogP contribution in [0.4, 0.5) is 0 Å². The van der Waals surface area contributed by atoms with Crippen LogP contribution in [0.15, 0.2) is 0 Å². The molecule has 0 aliphatic rings. The molecule has 0 heterocycles. The molecular weight excluding hydrogens is 108 g/mol. The molecule has 0 aromatic carbocycles. The van der Waals surface area contributed by atoms with Gasteiger partial charge in [0.05, 0.1) is 6.07 Å². The SMILES string of the molecule is CC(S)C(N)C#N. The lowest BCUT2D eigenvalue weighted by molar-refractivity contribution is 0.818. The number of thiol groups is 1. The van der Waals surface area contributed by atoms with E-state index in [1.807, 2.05) is 6.07 Å². The predicted molar refractivity (Wildman–Crippen MR) is 32.0 cm³/mol. The Morgan fingerprint density at radius 3 is 2.29 bits per heavy atom. The van der Waals surface area contributed by atoms with Gasteiger partial charge in [-0.25, -0.2) is 0 Å². The summed E-state index contributed by atoms with van der Waals surface area (Å²) in [6.45, 7) is 1.79. The Hall–Kier alpha value is -0.200. The number of hydrogen-bond acceptors (Lipinski definition) is 3. The smallest absolute Gasteiger partial charge is 0.104 e. The van der Waals surface area contributed by atoms with Crippen LogP contribution in [0.3, 0.4) is 0 Å². The van der Waals surface area contributed by atoms with Crippen molar-refractivity contribution in [2.45, 2.75) is 18.2 Å². The second-order valence-corrected chi connectivity index (χ2v) is 2.21. The van der Waals surface area contributed by atoms with Crippen LogP contribution in [0, 0.1) is 11.3 Å². The quantitative estimate of drug-likeness (QED) is 0.479. The first-order valence-electron chi connectivity index (χ1n) is 2.01. The molecule has 0 fully saturated rings. The second kappa shape index (κ2) is 2.89. The fourth-order valence-corrected chi connectivity index (χ4v) is 0.175. The fraction of sp³-hybridized carbons (Fsp3) is 0.750. The minimum atomic E-state index is -0.427. The summed E-state index contributed by atoms with van der Waals surface area (Å²) < 4.78 is 0. The molecule has 0 aromatic heterocycles. The predicted octanol–water partition coefficient (Wildman–Crippen LogP) is 0.156. The van der Waals surface area contributed by atoms with E-state index in [2.05, 4.69) is 12.6 Å². The first-order chi connectivity index (χ1) is 3.18. The van der Waals surface area contributed by atoms with E-state index in [1.165, 1.54) is 0 Å². The van der Waals surface area contributed by atoms with Crippen LogP contribution in [0.5, 0.6) is 0 Å². The molecule has 0 spiro atoms. The molecule has 2 unspecified atom stereocenters. The molecule has 0 aliphatic carbocycles. The molecule has 0 radical (unpaired) electrons. The molecule has 3 heteroatoms. The number of rotatable bonds is 1. The third kappa shape index (κ3) is 2.49. The maximum absolute atomic E-state index is 8.08. The normalized spacial score (nSPS) is 17.4. The molecular formula is C4H8N2S. The van der Waals surface area contributed by atoms with Gasteiger partial charge >= 0.3 is 0 Å². The Morgan fingerprint density at radius 2 is 2.29 bits per heavy atom. The molecule has 0 aromatic rings. The van der Waals surface area contributed by atoms with Gasteiger partial charge in [0.2, 0.25) is 0 Å². The van der Waals surface area contributed by atoms with Gasteiger partial charge in [-0.15, -0.1) is 0 Å². The number of nitrogens with two attached hydrogens (primary N) is 1. The topological polar surface area (TPSA) is 49.8 Å². The standard InChI is InChI=1S/C4H8N2S/c1-3(7)4(6)2-5/h3-4,7H,6H2,1H3. The van der Waals surface area contributed by atoms with E-state index in [9.17, 15) is 0 Å². The molecule has 2 N–H and O–H groups in total. The average Bonchev–Trinajstić information content (AvgIpc) is 1.65. The number of hydrogen-bond donors (Lipinski definition) is 2. The van der Waals surface area contributed by atoms with Crippen molar-refractivity contribution in [3.63, 3.8) is 0 Å². The van der Waals surface area contributed by atoms with Gasteiger partial charge in [0.25, 0.3) is 0 Å². The maximum atomic E-state index is 8.08. The van der Waals surface area contributed by atoms with E-state index in [4.69, 9.17) is 11.0 Å². The average molecular weight is 116 g/mol. The first kappa shape index (κ1) is 6.80. The van der Waals surface area contributed by atoms with Crippen molar-refractivity contribution in [1.29, 1.82) is 5.26 Å². The maximum Gasteiger partial charge on any atom is 0.104 e. The van der Waals surface area contributed by atoms with E-state index in [1.54, 1.807) is 6.92 Å². The summed E-state index contributed by atoms with van der Waals surface area (Å²) in [5, 5.41) is 8.06. The molecule has 0 bridgehead atoms. The van der Waals surface area contributed by atoms with Crippen molar-refractivity contribution < 1.29 is 0 Å². The Bertz CT molecular complexity index is 84.2. The van der Waals surface area contributed by atoms with E-state index < -0.39 is 6.04 Å². The van der Waals surface area contributed by atoms with Crippen molar-refractivity contribution in [2.24, 2.45) is 5.73 Å². The highest BCUT2D eigenvalue weighted by molar-refractivity contribution is 7.81. The van der Waals surface area contributed by atoms with Gasteiger partial charge in [0.15, 0.2) is 0 Å². The second-order valence-electron chi connectivity index (χ2n) is 1.40. The van der Waals surface area contributed by atoms with E-state index >= 15 is 0 Å². The lowest BCUT2D eigenvalue weighted by Crippen LogP contribution is -2.26. The van der Waals surface area contributed by atoms with Crippen LogP contribution in [-0.4, -0.2) is 11.3 Å². The Morgan fingerprint density at radius 1 is 1.86 bits per heavy atom. The van der Waals surface area contributed by atoms with Crippen molar-refractivity contribution >= 4 is 12.6 Å². The van der Waals surface area contributed by atoms with Gasteiger partial charge in [-0.3, -0.25) is 0 Å². The van der Waals surface area contributed by atoms with Gasteiger partial charge in [-0.1, -0.05) is 6.92 Å². The van der Waals surface area contributed by atoms with Crippen molar-refractivity contribution in [2.75, 3.05) is 0 Å². The third-order valence-electron chi connectivity index (χ3n) is 0.669. The first-order valence-corrected chi connectivity index (χ1v) is 2.53. The van der Waals surface area contributed by atoms with Crippen LogP contribution in [-0.2, 0) is 0 Å². The molecule has 0 saturated carbocycles. The van der Waals surface area contributed by atoms with Gasteiger partial charge < -0.3 is 5.73 Å². The molecule has 0 rings (SSSR count). The summed E-state index contributed by atoms with van der Waals surface area (Å²) in [4.78, 5) is 0. The van der Waals surface area contributed by atoms with Crippen molar-refractivity contribution in [1.82, 2.24) is 0 Å². The van der Waals surface area contributed by atoms with E-state index in [0.29, 0.717) is 0 Å². The van der Waals surface area contributed by atoms with Crippen LogP contribution >= 0.6 is 12.6 Å². The van der Waals surface area contributed by atoms with Crippen molar-refractivity contribution in [3.8, 4) is 6.07 Å². The summed E-state index contributed by atoms with van der Waals surface area (Å²) in [5.74, 6) is 0. The minimum Gasteiger partial charge on any atom is -0.315 e. The summed E-state index contributed by atoms with van der Waals surface area (Å²) in [5.41, 5.74) is 5.18. The van der Waals surface area contributed by atoms with Gasteiger partial charge in [-0.05, 0) is 0 Å². The van der Waals surface area contributed by atoms with Crippen LogP contribution in [0.2, 0.25) is 0 Å². The highest BCUT2D eigenvalue weighted by Crippen LogP contribution is 1.94.